The number of hydrogen-bond donors (Lipinski definition) is 0. The standard InChI is InChI=1S/C17H16FIN2O.ClH/c18-14-4-6-16(7-5-14)20-8-10-21(11-9-20)17(22)13-2-1-3-15(19)12-13;/h1-7,12H,8-11H2;1H. The summed E-state index contributed by atoms with van der Waals surface area (Å²) in [7, 11) is 0. The van der Waals surface area contributed by atoms with Crippen LogP contribution in [0.1, 0.15) is 10.4 Å². The third-order valence-corrected chi connectivity index (χ3v) is 4.50. The van der Waals surface area contributed by atoms with E-state index in [0.29, 0.717) is 13.1 Å². The normalized spacial score (nSPS) is 14.3. The van der Waals surface area contributed by atoms with E-state index in [2.05, 4.69) is 27.5 Å². The summed E-state index contributed by atoms with van der Waals surface area (Å²) >= 11 is 2.21. The fourth-order valence-electron chi connectivity index (χ4n) is 2.62. The Morgan fingerprint density at radius 2 is 1.65 bits per heavy atom. The minimum Gasteiger partial charge on any atom is -0.368 e. The van der Waals surface area contributed by atoms with Crippen LogP contribution in [0, 0.1) is 9.39 Å². The van der Waals surface area contributed by atoms with Crippen molar-refractivity contribution < 1.29 is 9.18 Å². The number of carbonyl (C=O) groups is 1. The SMILES string of the molecule is Cl.O=C(c1cccc(I)c1)N1CCN(c2ccc(F)cc2)CC1. The van der Waals surface area contributed by atoms with Crippen molar-refractivity contribution in [1.29, 1.82) is 0 Å². The van der Waals surface area contributed by atoms with Crippen LogP contribution in [-0.4, -0.2) is 37.0 Å². The fourth-order valence-corrected chi connectivity index (χ4v) is 3.17. The number of amides is 1. The predicted molar refractivity (Wildman–Crippen MR) is 101 cm³/mol. The van der Waals surface area contributed by atoms with Crippen LogP contribution >= 0.6 is 35.0 Å². The molecule has 3 nitrogen and oxygen atoms in total. The Morgan fingerprint density at radius 3 is 2.26 bits per heavy atom. The smallest absolute Gasteiger partial charge is 0.254 e. The summed E-state index contributed by atoms with van der Waals surface area (Å²) in [6.07, 6.45) is 0. The molecule has 1 aliphatic rings. The van der Waals surface area contributed by atoms with E-state index >= 15 is 0 Å². The molecule has 1 saturated heterocycles. The molecule has 122 valence electrons. The van der Waals surface area contributed by atoms with Gasteiger partial charge in [-0.05, 0) is 65.1 Å². The highest BCUT2D eigenvalue weighted by atomic mass is 127. The maximum atomic E-state index is 13.0. The summed E-state index contributed by atoms with van der Waals surface area (Å²) in [5.41, 5.74) is 1.74. The van der Waals surface area contributed by atoms with Gasteiger partial charge in [0, 0.05) is 41.0 Å². The van der Waals surface area contributed by atoms with Crippen LogP contribution in [0.3, 0.4) is 0 Å². The van der Waals surface area contributed by atoms with Crippen molar-refractivity contribution >= 4 is 46.6 Å². The molecule has 0 saturated carbocycles. The first-order valence-electron chi connectivity index (χ1n) is 7.19. The van der Waals surface area contributed by atoms with Gasteiger partial charge in [-0.3, -0.25) is 4.79 Å². The Kier molecular flexibility index (Phi) is 6.24. The third-order valence-electron chi connectivity index (χ3n) is 3.83. The molecule has 3 rings (SSSR count). The average molecular weight is 447 g/mol. The number of anilines is 1. The van der Waals surface area contributed by atoms with Crippen molar-refractivity contribution in [2.24, 2.45) is 0 Å². The summed E-state index contributed by atoms with van der Waals surface area (Å²) in [5, 5.41) is 0. The van der Waals surface area contributed by atoms with Crippen LogP contribution in [0.25, 0.3) is 0 Å². The van der Waals surface area contributed by atoms with Gasteiger partial charge in [0.25, 0.3) is 5.91 Å². The zero-order valence-corrected chi connectivity index (χ0v) is 15.4. The van der Waals surface area contributed by atoms with Crippen molar-refractivity contribution in [3.63, 3.8) is 0 Å². The number of hydrogen-bond acceptors (Lipinski definition) is 2. The lowest BCUT2D eigenvalue weighted by Gasteiger charge is -2.36. The molecule has 0 N–H and O–H groups in total. The molecule has 2 aromatic carbocycles. The van der Waals surface area contributed by atoms with Gasteiger partial charge in [-0.25, -0.2) is 4.39 Å². The highest BCUT2D eigenvalue weighted by molar-refractivity contribution is 14.1. The van der Waals surface area contributed by atoms with Crippen LogP contribution in [0.15, 0.2) is 48.5 Å². The highest BCUT2D eigenvalue weighted by Crippen LogP contribution is 2.18. The van der Waals surface area contributed by atoms with E-state index in [1.54, 1.807) is 12.1 Å². The van der Waals surface area contributed by atoms with E-state index < -0.39 is 0 Å². The van der Waals surface area contributed by atoms with Gasteiger partial charge in [-0.15, -0.1) is 12.4 Å². The number of piperazine rings is 1. The molecule has 0 bridgehead atoms. The van der Waals surface area contributed by atoms with E-state index in [0.717, 1.165) is 27.9 Å². The molecule has 1 heterocycles. The van der Waals surface area contributed by atoms with Gasteiger partial charge >= 0.3 is 0 Å². The van der Waals surface area contributed by atoms with Crippen molar-refractivity contribution in [1.82, 2.24) is 4.90 Å². The summed E-state index contributed by atoms with van der Waals surface area (Å²) in [6, 6.07) is 14.2. The first-order chi connectivity index (χ1) is 10.6. The second-order valence-corrected chi connectivity index (χ2v) is 6.51. The Morgan fingerprint density at radius 1 is 1.00 bits per heavy atom. The van der Waals surface area contributed by atoms with Gasteiger partial charge in [-0.2, -0.15) is 0 Å². The molecule has 0 atom stereocenters. The molecular weight excluding hydrogens is 430 g/mol. The van der Waals surface area contributed by atoms with E-state index in [9.17, 15) is 9.18 Å². The Balaban J connectivity index is 0.00000192. The highest BCUT2D eigenvalue weighted by Gasteiger charge is 2.22. The van der Waals surface area contributed by atoms with Gasteiger partial charge in [0.05, 0.1) is 0 Å². The summed E-state index contributed by atoms with van der Waals surface area (Å²) in [4.78, 5) is 16.6. The number of benzene rings is 2. The minimum atomic E-state index is -0.226. The molecule has 1 amide bonds. The third kappa shape index (κ3) is 4.35. The molecule has 2 aromatic rings. The van der Waals surface area contributed by atoms with Crippen molar-refractivity contribution in [3.8, 4) is 0 Å². The lowest BCUT2D eigenvalue weighted by Crippen LogP contribution is -2.48. The molecule has 0 spiro atoms. The Hall–Kier alpha value is -1.34. The van der Waals surface area contributed by atoms with Crippen molar-refractivity contribution in [3.05, 3.63) is 63.5 Å². The molecule has 6 heteroatoms. The van der Waals surface area contributed by atoms with E-state index in [1.165, 1.54) is 12.1 Å². The van der Waals surface area contributed by atoms with E-state index in [-0.39, 0.29) is 24.1 Å². The lowest BCUT2D eigenvalue weighted by atomic mass is 10.1. The largest absolute Gasteiger partial charge is 0.368 e. The molecule has 1 fully saturated rings. The zero-order chi connectivity index (χ0) is 15.5. The molecule has 0 radical (unpaired) electrons. The molecule has 1 aliphatic heterocycles. The van der Waals surface area contributed by atoms with Gasteiger partial charge in [0.15, 0.2) is 0 Å². The van der Waals surface area contributed by atoms with E-state index in [1.807, 2.05) is 29.2 Å². The predicted octanol–water partition coefficient (Wildman–Crippen LogP) is 3.81. The van der Waals surface area contributed by atoms with Gasteiger partial charge in [-0.1, -0.05) is 6.07 Å². The topological polar surface area (TPSA) is 23.6 Å². The van der Waals surface area contributed by atoms with Gasteiger partial charge < -0.3 is 9.80 Å². The monoisotopic (exact) mass is 446 g/mol. The second-order valence-electron chi connectivity index (χ2n) is 5.27. The second kappa shape index (κ2) is 7.97. The molecular formula is C17H17ClFIN2O. The summed E-state index contributed by atoms with van der Waals surface area (Å²) in [6.45, 7) is 2.89. The first-order valence-corrected chi connectivity index (χ1v) is 8.27. The number of halogens is 3. The Labute approximate surface area is 155 Å². The molecule has 0 aliphatic carbocycles. The average Bonchev–Trinajstić information content (AvgIpc) is 2.55. The fraction of sp³-hybridized carbons (Fsp3) is 0.235. The van der Waals surface area contributed by atoms with Crippen molar-refractivity contribution in [2.75, 3.05) is 31.1 Å². The van der Waals surface area contributed by atoms with Gasteiger partial charge in [0.1, 0.15) is 5.82 Å². The molecule has 0 aromatic heterocycles. The number of carbonyl (C=O) groups excluding carboxylic acids is 1. The van der Waals surface area contributed by atoms with Gasteiger partial charge in [0.2, 0.25) is 0 Å². The molecule has 0 unspecified atom stereocenters. The lowest BCUT2D eigenvalue weighted by molar-refractivity contribution is 0.0746. The maximum absolute atomic E-state index is 13.0. The molecule has 23 heavy (non-hydrogen) atoms. The minimum absolute atomic E-state index is 0. The van der Waals surface area contributed by atoms with Crippen molar-refractivity contribution in [2.45, 2.75) is 0 Å². The van der Waals surface area contributed by atoms with E-state index in [4.69, 9.17) is 0 Å². The number of rotatable bonds is 2. The Bertz CT molecular complexity index is 673. The zero-order valence-electron chi connectivity index (χ0n) is 12.4. The quantitative estimate of drug-likeness (QED) is 0.655. The summed E-state index contributed by atoms with van der Waals surface area (Å²) in [5.74, 6) is -0.145. The summed E-state index contributed by atoms with van der Waals surface area (Å²) < 4.78 is 14.0. The van der Waals surface area contributed by atoms with Crippen LogP contribution < -0.4 is 4.90 Å². The first kappa shape index (κ1) is 18.0. The maximum Gasteiger partial charge on any atom is 0.254 e. The number of nitrogens with zero attached hydrogens (tertiary/aromatic N) is 2. The van der Waals surface area contributed by atoms with Crippen LogP contribution in [0.2, 0.25) is 0 Å². The van der Waals surface area contributed by atoms with Crippen LogP contribution in [-0.2, 0) is 0 Å². The van der Waals surface area contributed by atoms with Crippen LogP contribution in [0.5, 0.6) is 0 Å². The van der Waals surface area contributed by atoms with Crippen LogP contribution in [0.4, 0.5) is 10.1 Å².